The fraction of sp³-hybridized carbons (Fsp3) is 0.500. The number of aromatic amines is 1. The monoisotopic (exact) mass is 292 g/mol. The second-order valence-electron chi connectivity index (χ2n) is 4.94. The van der Waals surface area contributed by atoms with E-state index >= 15 is 0 Å². The van der Waals surface area contributed by atoms with Gasteiger partial charge in [0.15, 0.2) is 0 Å². The van der Waals surface area contributed by atoms with E-state index in [0.29, 0.717) is 5.92 Å². The van der Waals surface area contributed by atoms with Crippen LogP contribution < -0.4 is 0 Å². The van der Waals surface area contributed by atoms with Gasteiger partial charge in [0.2, 0.25) is 0 Å². The Bertz CT molecular complexity index is 512. The van der Waals surface area contributed by atoms with E-state index in [1.54, 1.807) is 0 Å². The number of hydrogen-bond donors (Lipinski definition) is 1. The van der Waals surface area contributed by atoms with Gasteiger partial charge in [-0.15, -0.1) is 0 Å². The van der Waals surface area contributed by atoms with Gasteiger partial charge in [0.1, 0.15) is 5.82 Å². The molecule has 0 saturated heterocycles. The summed E-state index contributed by atoms with van der Waals surface area (Å²) in [4.78, 5) is 8.25. The molecule has 0 unspecified atom stereocenters. The van der Waals surface area contributed by atoms with Gasteiger partial charge >= 0.3 is 0 Å². The summed E-state index contributed by atoms with van der Waals surface area (Å²) >= 11 is 3.49. The Balaban J connectivity index is 1.95. The number of hydrogen-bond acceptors (Lipinski definition) is 1. The van der Waals surface area contributed by atoms with Crippen molar-refractivity contribution < 1.29 is 0 Å². The summed E-state index contributed by atoms with van der Waals surface area (Å²) in [6, 6.07) is 6.46. The van der Waals surface area contributed by atoms with Crippen molar-refractivity contribution in [3.63, 3.8) is 0 Å². The first-order valence-electron chi connectivity index (χ1n) is 6.41. The molecule has 3 heteroatoms. The molecule has 2 nitrogen and oxygen atoms in total. The molecule has 0 bridgehead atoms. The highest BCUT2D eigenvalue weighted by atomic mass is 79.9. The van der Waals surface area contributed by atoms with Gasteiger partial charge in [0, 0.05) is 11.2 Å². The minimum absolute atomic E-state index is 0.656. The van der Waals surface area contributed by atoms with E-state index in [0.717, 1.165) is 10.8 Å². The number of rotatable bonds is 2. The van der Waals surface area contributed by atoms with Gasteiger partial charge in [0.05, 0.1) is 11.0 Å². The molecule has 17 heavy (non-hydrogen) atoms. The third-order valence-electron chi connectivity index (χ3n) is 3.71. The summed E-state index contributed by atoms with van der Waals surface area (Å²) in [6.45, 7) is 0. The van der Waals surface area contributed by atoms with Gasteiger partial charge in [0.25, 0.3) is 0 Å². The topological polar surface area (TPSA) is 28.7 Å². The summed E-state index contributed by atoms with van der Waals surface area (Å²) in [5, 5.41) is 0.903. The molecule has 0 radical (unpaired) electrons. The van der Waals surface area contributed by atoms with Gasteiger partial charge in [-0.1, -0.05) is 41.3 Å². The fourth-order valence-corrected chi connectivity index (χ4v) is 3.08. The van der Waals surface area contributed by atoms with Crippen LogP contribution in [-0.2, 0) is 5.33 Å². The standard InChI is InChI=1S/C14H17BrN2/c15-9-10-6-7-12-13(8-10)17-14(16-12)11-4-2-1-3-5-11/h6-8,11H,1-5,9H2,(H,16,17). The van der Waals surface area contributed by atoms with E-state index < -0.39 is 0 Å². The van der Waals surface area contributed by atoms with Crippen molar-refractivity contribution in [3.05, 3.63) is 29.6 Å². The van der Waals surface area contributed by atoms with Crippen LogP contribution in [0.1, 0.15) is 49.4 Å². The molecule has 0 atom stereocenters. The number of alkyl halides is 1. The SMILES string of the molecule is BrCc1ccc2nc(C3CCCCC3)[nH]c2c1. The van der Waals surface area contributed by atoms with Crippen LogP contribution in [-0.4, -0.2) is 9.97 Å². The van der Waals surface area contributed by atoms with Crippen LogP contribution in [0.25, 0.3) is 11.0 Å². The van der Waals surface area contributed by atoms with Gasteiger partial charge in [-0.25, -0.2) is 4.98 Å². The lowest BCUT2D eigenvalue weighted by Crippen LogP contribution is -2.05. The maximum absolute atomic E-state index is 4.74. The summed E-state index contributed by atoms with van der Waals surface area (Å²) in [6.07, 6.45) is 6.70. The van der Waals surface area contributed by atoms with Crippen molar-refractivity contribution in [2.75, 3.05) is 0 Å². The lowest BCUT2D eigenvalue weighted by molar-refractivity contribution is 0.431. The number of aromatic nitrogens is 2. The van der Waals surface area contributed by atoms with Crippen LogP contribution in [0.15, 0.2) is 18.2 Å². The normalized spacial score (nSPS) is 17.7. The van der Waals surface area contributed by atoms with Crippen LogP contribution >= 0.6 is 15.9 Å². The molecule has 1 aliphatic rings. The molecule has 1 heterocycles. The number of nitrogens with one attached hydrogen (secondary N) is 1. The molecule has 2 aromatic rings. The molecule has 1 aromatic carbocycles. The molecule has 1 N–H and O–H groups in total. The van der Waals surface area contributed by atoms with Crippen LogP contribution in [0.2, 0.25) is 0 Å². The Morgan fingerprint density at radius 3 is 2.82 bits per heavy atom. The van der Waals surface area contributed by atoms with Crippen LogP contribution in [0, 0.1) is 0 Å². The third-order valence-corrected chi connectivity index (χ3v) is 4.36. The molecule has 1 aliphatic carbocycles. The number of H-pyrrole nitrogens is 1. The molecule has 1 saturated carbocycles. The zero-order chi connectivity index (χ0) is 11.7. The summed E-state index contributed by atoms with van der Waals surface area (Å²) in [7, 11) is 0. The van der Waals surface area contributed by atoms with E-state index in [9.17, 15) is 0 Å². The summed E-state index contributed by atoms with van der Waals surface area (Å²) in [5.74, 6) is 1.86. The quantitative estimate of drug-likeness (QED) is 0.811. The molecule has 0 amide bonds. The molecule has 90 valence electrons. The van der Waals surface area contributed by atoms with Crippen LogP contribution in [0.5, 0.6) is 0 Å². The summed E-state index contributed by atoms with van der Waals surface area (Å²) < 4.78 is 0. The van der Waals surface area contributed by atoms with Crippen LogP contribution in [0.3, 0.4) is 0 Å². The number of nitrogens with zero attached hydrogens (tertiary/aromatic N) is 1. The Morgan fingerprint density at radius 2 is 2.06 bits per heavy atom. The predicted octanol–water partition coefficient (Wildman–Crippen LogP) is 4.51. The lowest BCUT2D eigenvalue weighted by Gasteiger charge is -2.18. The van der Waals surface area contributed by atoms with Crippen molar-refractivity contribution in [1.29, 1.82) is 0 Å². The van der Waals surface area contributed by atoms with E-state index in [4.69, 9.17) is 4.98 Å². The molecule has 1 aromatic heterocycles. The van der Waals surface area contributed by atoms with Gasteiger partial charge in [-0.2, -0.15) is 0 Å². The largest absolute Gasteiger partial charge is 0.342 e. The highest BCUT2D eigenvalue weighted by Crippen LogP contribution is 2.32. The maximum Gasteiger partial charge on any atom is 0.110 e. The van der Waals surface area contributed by atoms with Crippen molar-refractivity contribution in [3.8, 4) is 0 Å². The van der Waals surface area contributed by atoms with Gasteiger partial charge in [-0.05, 0) is 30.5 Å². The zero-order valence-corrected chi connectivity index (χ0v) is 11.5. The number of fused-ring (bicyclic) bond motifs is 1. The van der Waals surface area contributed by atoms with E-state index in [2.05, 4.69) is 39.1 Å². The molecule has 0 aliphatic heterocycles. The Morgan fingerprint density at radius 1 is 1.24 bits per heavy atom. The highest BCUT2D eigenvalue weighted by Gasteiger charge is 2.18. The molecule has 3 rings (SSSR count). The fourth-order valence-electron chi connectivity index (χ4n) is 2.73. The van der Waals surface area contributed by atoms with Crippen LogP contribution in [0.4, 0.5) is 0 Å². The molecular formula is C14H17BrN2. The minimum atomic E-state index is 0.656. The summed E-state index contributed by atoms with van der Waals surface area (Å²) in [5.41, 5.74) is 3.59. The van der Waals surface area contributed by atoms with Crippen molar-refractivity contribution in [2.45, 2.75) is 43.4 Å². The Hall–Kier alpha value is -0.830. The molecule has 0 spiro atoms. The minimum Gasteiger partial charge on any atom is -0.342 e. The van der Waals surface area contributed by atoms with Gasteiger partial charge in [-0.3, -0.25) is 0 Å². The van der Waals surface area contributed by atoms with Crippen molar-refractivity contribution in [1.82, 2.24) is 9.97 Å². The average Bonchev–Trinajstić information content (AvgIpc) is 2.82. The van der Waals surface area contributed by atoms with Gasteiger partial charge < -0.3 is 4.98 Å². The first-order valence-corrected chi connectivity index (χ1v) is 7.53. The Labute approximate surface area is 110 Å². The third kappa shape index (κ3) is 2.25. The number of benzene rings is 1. The van der Waals surface area contributed by atoms with E-state index in [1.807, 2.05) is 0 Å². The maximum atomic E-state index is 4.74. The Kier molecular flexibility index (Phi) is 3.19. The zero-order valence-electron chi connectivity index (χ0n) is 9.88. The van der Waals surface area contributed by atoms with Crippen molar-refractivity contribution in [2.24, 2.45) is 0 Å². The second-order valence-corrected chi connectivity index (χ2v) is 5.50. The first kappa shape index (κ1) is 11.3. The average molecular weight is 293 g/mol. The molecule has 1 fully saturated rings. The lowest BCUT2D eigenvalue weighted by atomic mass is 9.89. The van der Waals surface area contributed by atoms with Crippen molar-refractivity contribution >= 4 is 27.0 Å². The predicted molar refractivity (Wildman–Crippen MR) is 74.6 cm³/mol. The second kappa shape index (κ2) is 4.81. The van der Waals surface area contributed by atoms with E-state index in [-0.39, 0.29) is 0 Å². The number of halogens is 1. The highest BCUT2D eigenvalue weighted by molar-refractivity contribution is 9.08. The first-order chi connectivity index (χ1) is 8.36. The number of imidazole rings is 1. The molecular weight excluding hydrogens is 276 g/mol. The van der Waals surface area contributed by atoms with E-state index in [1.165, 1.54) is 49.0 Å². The smallest absolute Gasteiger partial charge is 0.110 e.